The molecule has 2 nitrogen and oxygen atoms in total. The van der Waals surface area contributed by atoms with Crippen molar-refractivity contribution >= 4 is 5.78 Å². The molecule has 0 saturated heterocycles. The highest BCUT2D eigenvalue weighted by atomic mass is 16.3. The van der Waals surface area contributed by atoms with Crippen molar-refractivity contribution < 1.29 is 9.90 Å². The van der Waals surface area contributed by atoms with Crippen LogP contribution in [-0.2, 0) is 4.79 Å². The summed E-state index contributed by atoms with van der Waals surface area (Å²) in [6.07, 6.45) is 29.0. The molecule has 0 aromatic rings. The fraction of sp³-hybridized carbons (Fsp3) is 0.522. The predicted molar refractivity (Wildman–Crippen MR) is 110 cm³/mol. The molecule has 140 valence electrons. The van der Waals surface area contributed by atoms with Crippen LogP contribution in [0.15, 0.2) is 60.8 Å². The summed E-state index contributed by atoms with van der Waals surface area (Å²) in [5.74, 6) is 0.297. The number of ketones is 1. The van der Waals surface area contributed by atoms with E-state index in [0.29, 0.717) is 12.2 Å². The van der Waals surface area contributed by atoms with Gasteiger partial charge in [0.2, 0.25) is 0 Å². The van der Waals surface area contributed by atoms with Crippen molar-refractivity contribution in [2.24, 2.45) is 0 Å². The molecule has 1 atom stereocenters. The van der Waals surface area contributed by atoms with Gasteiger partial charge < -0.3 is 9.90 Å². The molecule has 0 bridgehead atoms. The Balaban J connectivity index is 3.57. The Labute approximate surface area is 154 Å². The second kappa shape index (κ2) is 18.7. The van der Waals surface area contributed by atoms with Gasteiger partial charge in [-0.15, -0.1) is 0 Å². The van der Waals surface area contributed by atoms with E-state index >= 15 is 0 Å². The third-order valence-electron chi connectivity index (χ3n) is 3.64. The number of aliphatic hydroxyl groups excluding tert-OH is 1. The number of rotatable bonds is 15. The number of hydrogen-bond acceptors (Lipinski definition) is 2. The van der Waals surface area contributed by atoms with Gasteiger partial charge in [0.25, 0.3) is 0 Å². The molecule has 0 spiro atoms. The number of hydrogen-bond donors (Lipinski definition) is 1. The quantitative estimate of drug-likeness (QED) is 0.217. The van der Waals surface area contributed by atoms with Crippen molar-refractivity contribution in [1.29, 1.82) is 0 Å². The van der Waals surface area contributed by atoms with E-state index in [1.165, 1.54) is 6.42 Å². The van der Waals surface area contributed by atoms with Crippen molar-refractivity contribution in [3.05, 3.63) is 60.8 Å². The molecule has 0 aliphatic rings. The Morgan fingerprint density at radius 1 is 0.880 bits per heavy atom. The van der Waals surface area contributed by atoms with Crippen LogP contribution in [-0.4, -0.2) is 17.0 Å². The first-order valence-electron chi connectivity index (χ1n) is 9.62. The van der Waals surface area contributed by atoms with Crippen molar-refractivity contribution in [1.82, 2.24) is 0 Å². The molecule has 0 aliphatic heterocycles. The topological polar surface area (TPSA) is 37.3 Å². The van der Waals surface area contributed by atoms with Crippen molar-refractivity contribution in [3.8, 4) is 0 Å². The summed E-state index contributed by atoms with van der Waals surface area (Å²) in [4.78, 5) is 10.8. The van der Waals surface area contributed by atoms with Crippen LogP contribution in [0.2, 0.25) is 0 Å². The fourth-order valence-corrected chi connectivity index (χ4v) is 2.21. The van der Waals surface area contributed by atoms with Crippen molar-refractivity contribution in [2.45, 2.75) is 77.7 Å². The average molecular weight is 345 g/mol. The average Bonchev–Trinajstić information content (AvgIpc) is 2.58. The molecule has 0 amide bonds. The molecular weight excluding hydrogens is 308 g/mol. The number of allylic oxidation sites excluding steroid dienone is 8. The third-order valence-corrected chi connectivity index (χ3v) is 3.64. The lowest BCUT2D eigenvalue weighted by molar-refractivity contribution is -0.117. The molecule has 1 unspecified atom stereocenters. The van der Waals surface area contributed by atoms with Gasteiger partial charge in [-0.1, -0.05) is 74.1 Å². The number of Topliss-reactive ketones (excluding diaryl/α,β-unsaturated/α-hetero) is 1. The highest BCUT2D eigenvalue weighted by Gasteiger charge is 1.93. The van der Waals surface area contributed by atoms with Crippen LogP contribution in [0.25, 0.3) is 0 Å². The lowest BCUT2D eigenvalue weighted by atomic mass is 10.1. The van der Waals surface area contributed by atoms with Gasteiger partial charge in [-0.2, -0.15) is 0 Å². The first kappa shape index (κ1) is 23.3. The molecule has 0 aliphatic carbocycles. The number of aliphatic hydroxyl groups is 1. The summed E-state index contributed by atoms with van der Waals surface area (Å²) >= 11 is 0. The Bertz CT molecular complexity index is 453. The van der Waals surface area contributed by atoms with E-state index < -0.39 is 6.10 Å². The van der Waals surface area contributed by atoms with Crippen LogP contribution in [0, 0.1) is 0 Å². The Kier molecular flexibility index (Phi) is 17.4. The van der Waals surface area contributed by atoms with Gasteiger partial charge in [0.1, 0.15) is 5.78 Å². The molecule has 0 rings (SSSR count). The summed E-state index contributed by atoms with van der Waals surface area (Å²) in [5, 5.41) is 9.68. The highest BCUT2D eigenvalue weighted by Crippen LogP contribution is 2.04. The molecule has 0 heterocycles. The van der Waals surface area contributed by atoms with Crippen LogP contribution >= 0.6 is 0 Å². The van der Waals surface area contributed by atoms with Gasteiger partial charge in [-0.05, 0) is 51.9 Å². The van der Waals surface area contributed by atoms with E-state index in [4.69, 9.17) is 0 Å². The largest absolute Gasteiger partial charge is 0.389 e. The first-order valence-corrected chi connectivity index (χ1v) is 9.62. The summed E-state index contributed by atoms with van der Waals surface area (Å²) in [6.45, 7) is 3.75. The van der Waals surface area contributed by atoms with Crippen LogP contribution in [0.5, 0.6) is 0 Å². The zero-order valence-electron chi connectivity index (χ0n) is 16.1. The van der Waals surface area contributed by atoms with Gasteiger partial charge in [0, 0.05) is 6.42 Å². The lowest BCUT2D eigenvalue weighted by Crippen LogP contribution is -1.98. The summed E-state index contributed by atoms with van der Waals surface area (Å²) < 4.78 is 0. The van der Waals surface area contributed by atoms with E-state index in [-0.39, 0.29) is 0 Å². The van der Waals surface area contributed by atoms with Crippen molar-refractivity contribution in [3.63, 3.8) is 0 Å². The van der Waals surface area contributed by atoms with Crippen LogP contribution in [0.3, 0.4) is 0 Å². The van der Waals surface area contributed by atoms with E-state index in [2.05, 4.69) is 43.4 Å². The maximum absolute atomic E-state index is 10.8. The van der Waals surface area contributed by atoms with Crippen molar-refractivity contribution in [2.75, 3.05) is 0 Å². The number of carbonyl (C=O) groups is 1. The minimum Gasteiger partial charge on any atom is -0.389 e. The summed E-state index contributed by atoms with van der Waals surface area (Å²) in [7, 11) is 0. The zero-order chi connectivity index (χ0) is 18.6. The smallest absolute Gasteiger partial charge is 0.129 e. The molecule has 2 heteroatoms. The third kappa shape index (κ3) is 20.3. The zero-order valence-corrected chi connectivity index (χ0v) is 16.1. The van der Waals surface area contributed by atoms with E-state index in [1.807, 2.05) is 24.3 Å². The molecule has 0 aromatic carbocycles. The normalized spacial score (nSPS) is 14.0. The highest BCUT2D eigenvalue weighted by molar-refractivity contribution is 5.75. The van der Waals surface area contributed by atoms with Gasteiger partial charge in [-0.25, -0.2) is 0 Å². The molecule has 0 fully saturated rings. The maximum Gasteiger partial charge on any atom is 0.129 e. The van der Waals surface area contributed by atoms with Gasteiger partial charge >= 0.3 is 0 Å². The molecular formula is C23H36O2. The Hall–Kier alpha value is -1.67. The van der Waals surface area contributed by atoms with Gasteiger partial charge in [-0.3, -0.25) is 0 Å². The minimum absolute atomic E-state index is 0.297. The fourth-order valence-electron chi connectivity index (χ4n) is 2.21. The monoisotopic (exact) mass is 344 g/mol. The molecule has 25 heavy (non-hydrogen) atoms. The Morgan fingerprint density at radius 3 is 2.32 bits per heavy atom. The predicted octanol–water partition coefficient (Wildman–Crippen LogP) is 6.25. The SMILES string of the molecule is CC/C=C\CC(O)/C=C/C=C\C/C=C\C/C=C\CCCCCC(C)=O. The molecule has 0 radical (unpaired) electrons. The van der Waals surface area contributed by atoms with Crippen LogP contribution < -0.4 is 0 Å². The minimum atomic E-state index is -0.393. The second-order valence-electron chi connectivity index (χ2n) is 6.21. The maximum atomic E-state index is 10.8. The van der Waals surface area contributed by atoms with E-state index in [9.17, 15) is 9.90 Å². The van der Waals surface area contributed by atoms with E-state index in [0.717, 1.165) is 44.9 Å². The number of unbranched alkanes of at least 4 members (excludes halogenated alkanes) is 3. The first-order chi connectivity index (χ1) is 12.2. The standard InChI is InChI=1S/C23H36O2/c1-3-4-16-20-23(25)21-18-15-13-11-9-7-5-6-8-10-12-14-17-19-22(2)24/h4,6-9,13,15-16,18,21,23,25H,3,5,10-12,14,17,19-20H2,1-2H3/b8-6-,9-7-,15-13-,16-4-,21-18+. The Morgan fingerprint density at radius 2 is 1.60 bits per heavy atom. The summed E-state index contributed by atoms with van der Waals surface area (Å²) in [6, 6.07) is 0. The van der Waals surface area contributed by atoms with Gasteiger partial charge in [0.05, 0.1) is 6.10 Å². The molecule has 0 saturated carbocycles. The van der Waals surface area contributed by atoms with Gasteiger partial charge in [0.15, 0.2) is 0 Å². The van der Waals surface area contributed by atoms with Crippen LogP contribution in [0.4, 0.5) is 0 Å². The second-order valence-corrected chi connectivity index (χ2v) is 6.21. The lowest BCUT2D eigenvalue weighted by Gasteiger charge is -1.98. The van der Waals surface area contributed by atoms with E-state index in [1.54, 1.807) is 6.92 Å². The summed E-state index contributed by atoms with van der Waals surface area (Å²) in [5.41, 5.74) is 0. The molecule has 1 N–H and O–H groups in total. The van der Waals surface area contributed by atoms with Crippen LogP contribution in [0.1, 0.15) is 71.6 Å². The number of carbonyl (C=O) groups excluding carboxylic acids is 1. The molecule has 0 aromatic heterocycles.